The van der Waals surface area contributed by atoms with Crippen LogP contribution in [0.4, 0.5) is 5.82 Å². The molecule has 0 aliphatic carbocycles. The fourth-order valence-corrected chi connectivity index (χ4v) is 4.00. The number of piperidine rings is 1. The number of amides is 1. The van der Waals surface area contributed by atoms with Crippen molar-refractivity contribution in [1.82, 2.24) is 14.9 Å². The number of hydrogen-bond donors (Lipinski definition) is 0. The number of likely N-dealkylation sites (N-methyl/N-ethyl adjacent to an activating group) is 1. The van der Waals surface area contributed by atoms with E-state index >= 15 is 0 Å². The van der Waals surface area contributed by atoms with Crippen molar-refractivity contribution >= 4 is 11.7 Å². The van der Waals surface area contributed by atoms with Gasteiger partial charge in [0.15, 0.2) is 11.5 Å². The summed E-state index contributed by atoms with van der Waals surface area (Å²) in [6.45, 7) is 1.93. The highest BCUT2D eigenvalue weighted by Gasteiger charge is 2.29. The number of hydrogen-bond acceptors (Lipinski definition) is 6. The molecule has 4 rings (SSSR count). The van der Waals surface area contributed by atoms with Crippen LogP contribution in [0.5, 0.6) is 11.5 Å². The Kier molecular flexibility index (Phi) is 6.84. The van der Waals surface area contributed by atoms with Crippen LogP contribution in [0.2, 0.25) is 0 Å². The number of anilines is 1. The van der Waals surface area contributed by atoms with Gasteiger partial charge in [0.1, 0.15) is 12.4 Å². The average molecular weight is 433 g/mol. The van der Waals surface area contributed by atoms with Gasteiger partial charge in [-0.25, -0.2) is 4.98 Å². The van der Waals surface area contributed by atoms with Crippen molar-refractivity contribution in [2.45, 2.75) is 25.5 Å². The van der Waals surface area contributed by atoms with Gasteiger partial charge in [-0.05, 0) is 49.2 Å². The van der Waals surface area contributed by atoms with Gasteiger partial charge >= 0.3 is 0 Å². The smallest absolute Gasteiger partial charge is 0.257 e. The van der Waals surface area contributed by atoms with E-state index in [0.717, 1.165) is 37.4 Å². The van der Waals surface area contributed by atoms with Gasteiger partial charge in [0.25, 0.3) is 5.91 Å². The number of methoxy groups -OCH3 is 1. The first kappa shape index (κ1) is 21.6. The molecule has 3 aromatic rings. The van der Waals surface area contributed by atoms with Crippen molar-refractivity contribution in [3.8, 4) is 11.5 Å². The van der Waals surface area contributed by atoms with Gasteiger partial charge in [0.2, 0.25) is 0 Å². The van der Waals surface area contributed by atoms with Gasteiger partial charge in [0.05, 0.1) is 18.4 Å². The van der Waals surface area contributed by atoms with E-state index in [-0.39, 0.29) is 18.6 Å². The molecule has 1 fully saturated rings. The van der Waals surface area contributed by atoms with Crippen molar-refractivity contribution < 1.29 is 14.3 Å². The van der Waals surface area contributed by atoms with E-state index in [4.69, 9.17) is 9.47 Å². The molecule has 0 bridgehead atoms. The Morgan fingerprint density at radius 1 is 1.09 bits per heavy atom. The summed E-state index contributed by atoms with van der Waals surface area (Å²) < 4.78 is 11.5. The van der Waals surface area contributed by atoms with Crippen LogP contribution in [0.3, 0.4) is 0 Å². The van der Waals surface area contributed by atoms with Crippen LogP contribution in [-0.4, -0.2) is 54.1 Å². The second-order valence-corrected chi connectivity index (χ2v) is 7.79. The maximum absolute atomic E-state index is 13.5. The zero-order valence-electron chi connectivity index (χ0n) is 18.5. The molecule has 0 N–H and O–H groups in total. The maximum Gasteiger partial charge on any atom is 0.257 e. The van der Waals surface area contributed by atoms with Crippen molar-refractivity contribution in [3.05, 3.63) is 78.2 Å². The summed E-state index contributed by atoms with van der Waals surface area (Å²) in [6.07, 6.45) is 5.46. The van der Waals surface area contributed by atoms with Crippen molar-refractivity contribution in [2.75, 3.05) is 32.1 Å². The Labute approximate surface area is 188 Å². The summed E-state index contributed by atoms with van der Waals surface area (Å²) in [6, 6.07) is 17.0. The molecule has 166 valence electrons. The van der Waals surface area contributed by atoms with E-state index in [0.29, 0.717) is 17.1 Å². The molecule has 0 radical (unpaired) electrons. The average Bonchev–Trinajstić information content (AvgIpc) is 2.87. The van der Waals surface area contributed by atoms with E-state index in [9.17, 15) is 4.79 Å². The lowest BCUT2D eigenvalue weighted by molar-refractivity contribution is 0.0711. The molecule has 1 saturated heterocycles. The lowest BCUT2D eigenvalue weighted by atomic mass is 10.0. The third-order valence-electron chi connectivity index (χ3n) is 5.76. The number of benzene rings is 1. The third-order valence-corrected chi connectivity index (χ3v) is 5.76. The largest absolute Gasteiger partial charge is 0.493 e. The molecule has 7 nitrogen and oxygen atoms in total. The summed E-state index contributed by atoms with van der Waals surface area (Å²) >= 11 is 0. The van der Waals surface area contributed by atoms with Crippen molar-refractivity contribution in [1.29, 1.82) is 0 Å². The van der Waals surface area contributed by atoms with Gasteiger partial charge in [-0.1, -0.05) is 18.2 Å². The number of ether oxygens (including phenoxy) is 2. The molecule has 0 unspecified atom stereocenters. The van der Waals surface area contributed by atoms with Gasteiger partial charge < -0.3 is 19.3 Å². The second kappa shape index (κ2) is 10.1. The fourth-order valence-electron chi connectivity index (χ4n) is 4.00. The van der Waals surface area contributed by atoms with Crippen LogP contribution in [0.1, 0.15) is 28.9 Å². The minimum absolute atomic E-state index is 0.0769. The van der Waals surface area contributed by atoms with E-state index in [1.165, 1.54) is 0 Å². The first-order valence-corrected chi connectivity index (χ1v) is 10.8. The highest BCUT2D eigenvalue weighted by Crippen LogP contribution is 2.33. The second-order valence-electron chi connectivity index (χ2n) is 7.79. The Bertz CT molecular complexity index is 1030. The molecule has 7 heteroatoms. The zero-order valence-corrected chi connectivity index (χ0v) is 18.5. The van der Waals surface area contributed by atoms with Crippen LogP contribution in [0.15, 0.2) is 67.0 Å². The molecule has 3 heterocycles. The Morgan fingerprint density at radius 3 is 2.62 bits per heavy atom. The van der Waals surface area contributed by atoms with Crippen molar-refractivity contribution in [3.63, 3.8) is 0 Å². The quantitative estimate of drug-likeness (QED) is 0.566. The Morgan fingerprint density at radius 2 is 1.91 bits per heavy atom. The first-order valence-electron chi connectivity index (χ1n) is 10.8. The number of carbonyl (C=O) groups excluding carboxylic acids is 1. The summed E-state index contributed by atoms with van der Waals surface area (Å²) in [5.74, 6) is 1.82. The molecular formula is C25H28N4O3. The van der Waals surface area contributed by atoms with Crippen LogP contribution in [0, 0.1) is 0 Å². The normalized spacial score (nSPS) is 15.8. The fraction of sp³-hybridized carbons (Fsp3) is 0.320. The van der Waals surface area contributed by atoms with Gasteiger partial charge in [0, 0.05) is 38.6 Å². The molecule has 1 aromatic carbocycles. The molecule has 1 amide bonds. The van der Waals surface area contributed by atoms with Crippen LogP contribution < -0.4 is 14.4 Å². The lowest BCUT2D eigenvalue weighted by Crippen LogP contribution is -2.49. The molecule has 1 aliphatic heterocycles. The standard InChI is InChI=1S/C25H28N4O3/c1-28(20-10-8-16-29(17-20)23-13-4-6-15-27-23)25(30)21-11-7-12-22(31-2)24(21)32-18-19-9-3-5-14-26-19/h3-7,9,11-15,20H,8,10,16-18H2,1-2H3/t20-/m1/s1. The molecule has 2 aromatic heterocycles. The maximum atomic E-state index is 13.5. The zero-order chi connectivity index (χ0) is 22.3. The number of para-hydroxylation sites is 1. The predicted molar refractivity (Wildman–Crippen MR) is 123 cm³/mol. The summed E-state index contributed by atoms with van der Waals surface area (Å²) in [5.41, 5.74) is 1.26. The summed E-state index contributed by atoms with van der Waals surface area (Å²) in [4.78, 5) is 26.3. The Balaban J connectivity index is 1.52. The van der Waals surface area contributed by atoms with Crippen molar-refractivity contribution in [2.24, 2.45) is 0 Å². The number of pyridine rings is 2. The monoisotopic (exact) mass is 432 g/mol. The van der Waals surface area contributed by atoms with Gasteiger partial charge in [-0.3, -0.25) is 9.78 Å². The van der Waals surface area contributed by atoms with Gasteiger partial charge in [-0.2, -0.15) is 0 Å². The first-order chi connectivity index (χ1) is 15.7. The molecule has 0 spiro atoms. The topological polar surface area (TPSA) is 67.8 Å². The highest BCUT2D eigenvalue weighted by atomic mass is 16.5. The SMILES string of the molecule is COc1cccc(C(=O)N(C)[C@@H]2CCCN(c3ccccn3)C2)c1OCc1ccccn1. The van der Waals surface area contributed by atoms with E-state index in [1.807, 2.05) is 54.4 Å². The number of carbonyl (C=O) groups is 1. The third kappa shape index (κ3) is 4.82. The van der Waals surface area contributed by atoms with E-state index in [1.54, 1.807) is 31.6 Å². The minimum Gasteiger partial charge on any atom is -0.493 e. The molecule has 1 aliphatic rings. The Hall–Kier alpha value is -3.61. The van der Waals surface area contributed by atoms with Crippen LogP contribution >= 0.6 is 0 Å². The van der Waals surface area contributed by atoms with E-state index in [2.05, 4.69) is 14.9 Å². The number of nitrogens with zero attached hydrogens (tertiary/aromatic N) is 4. The molecule has 1 atom stereocenters. The molecule has 32 heavy (non-hydrogen) atoms. The van der Waals surface area contributed by atoms with Crippen LogP contribution in [0.25, 0.3) is 0 Å². The molecular weight excluding hydrogens is 404 g/mol. The number of rotatable bonds is 7. The van der Waals surface area contributed by atoms with Crippen LogP contribution in [-0.2, 0) is 6.61 Å². The summed E-state index contributed by atoms with van der Waals surface area (Å²) in [5, 5.41) is 0. The lowest BCUT2D eigenvalue weighted by Gasteiger charge is -2.38. The molecule has 0 saturated carbocycles. The van der Waals surface area contributed by atoms with E-state index < -0.39 is 0 Å². The predicted octanol–water partition coefficient (Wildman–Crippen LogP) is 3.81. The number of aromatic nitrogens is 2. The minimum atomic E-state index is -0.0900. The summed E-state index contributed by atoms with van der Waals surface area (Å²) in [7, 11) is 3.43. The highest BCUT2D eigenvalue weighted by molar-refractivity contribution is 5.98. The van der Waals surface area contributed by atoms with Gasteiger partial charge in [-0.15, -0.1) is 0 Å².